The van der Waals surface area contributed by atoms with Crippen molar-refractivity contribution >= 4 is 23.6 Å². The molecule has 6 heteroatoms. The zero-order chi connectivity index (χ0) is 16.4. The molecule has 0 saturated carbocycles. The van der Waals surface area contributed by atoms with Gasteiger partial charge in [0.1, 0.15) is 0 Å². The lowest BCUT2D eigenvalue weighted by Gasteiger charge is -1.99. The molecule has 0 unspecified atom stereocenters. The van der Waals surface area contributed by atoms with Crippen LogP contribution in [0.3, 0.4) is 0 Å². The Bertz CT molecular complexity index is 854. The lowest BCUT2D eigenvalue weighted by Crippen LogP contribution is -2.04. The van der Waals surface area contributed by atoms with Gasteiger partial charge in [-0.05, 0) is 30.7 Å². The minimum atomic E-state index is -0.577. The van der Waals surface area contributed by atoms with E-state index in [0.29, 0.717) is 16.7 Å². The maximum Gasteiger partial charge on any atom is 0.363 e. The summed E-state index contributed by atoms with van der Waals surface area (Å²) in [4.78, 5) is 26.6. The molecule has 0 saturated heterocycles. The van der Waals surface area contributed by atoms with Gasteiger partial charge in [0.2, 0.25) is 5.90 Å². The average Bonchev–Trinajstić information content (AvgIpc) is 2.91. The Hall–Kier alpha value is -3.28. The van der Waals surface area contributed by atoms with Crippen LogP contribution in [0.25, 0.3) is 6.08 Å². The van der Waals surface area contributed by atoms with E-state index in [9.17, 15) is 14.9 Å². The number of aliphatic imine (C=N–C) groups is 1. The number of rotatable bonds is 3. The van der Waals surface area contributed by atoms with Crippen LogP contribution < -0.4 is 0 Å². The smallest absolute Gasteiger partial charge is 0.363 e. The number of nitro benzene ring substituents is 1. The number of hydrogen-bond acceptors (Lipinski definition) is 5. The predicted octanol–water partition coefficient (Wildman–Crippen LogP) is 3.25. The molecule has 0 fully saturated rings. The molecule has 2 aromatic carbocycles. The molecule has 1 heterocycles. The minimum Gasteiger partial charge on any atom is -0.402 e. The number of ether oxygens (including phenoxy) is 1. The van der Waals surface area contributed by atoms with E-state index in [4.69, 9.17) is 4.74 Å². The Morgan fingerprint density at radius 2 is 1.91 bits per heavy atom. The van der Waals surface area contributed by atoms with E-state index in [0.717, 1.165) is 0 Å². The van der Waals surface area contributed by atoms with Crippen molar-refractivity contribution in [2.75, 3.05) is 0 Å². The molecule has 0 spiro atoms. The van der Waals surface area contributed by atoms with Gasteiger partial charge >= 0.3 is 5.97 Å². The number of hydrogen-bond donors (Lipinski definition) is 0. The van der Waals surface area contributed by atoms with Gasteiger partial charge in [-0.3, -0.25) is 10.1 Å². The monoisotopic (exact) mass is 308 g/mol. The van der Waals surface area contributed by atoms with E-state index in [1.54, 1.807) is 31.2 Å². The molecule has 6 nitrogen and oxygen atoms in total. The van der Waals surface area contributed by atoms with Gasteiger partial charge in [0, 0.05) is 17.2 Å². The van der Waals surface area contributed by atoms with Crippen LogP contribution in [0.4, 0.5) is 5.69 Å². The lowest BCUT2D eigenvalue weighted by atomic mass is 10.1. The number of carbonyl (C=O) groups excluding carboxylic acids is 1. The Balaban J connectivity index is 1.97. The highest BCUT2D eigenvalue weighted by Crippen LogP contribution is 2.23. The lowest BCUT2D eigenvalue weighted by molar-refractivity contribution is -0.385. The Morgan fingerprint density at radius 3 is 2.61 bits per heavy atom. The van der Waals surface area contributed by atoms with Gasteiger partial charge in [0.05, 0.1) is 4.92 Å². The third-order valence-corrected chi connectivity index (χ3v) is 3.37. The molecule has 23 heavy (non-hydrogen) atoms. The largest absolute Gasteiger partial charge is 0.402 e. The van der Waals surface area contributed by atoms with Gasteiger partial charge < -0.3 is 4.74 Å². The van der Waals surface area contributed by atoms with Crippen molar-refractivity contribution < 1.29 is 14.5 Å². The summed E-state index contributed by atoms with van der Waals surface area (Å²) in [5.41, 5.74) is 1.88. The summed E-state index contributed by atoms with van der Waals surface area (Å²) in [7, 11) is 0. The fraction of sp³-hybridized carbons (Fsp3) is 0.0588. The molecule has 3 rings (SSSR count). The van der Waals surface area contributed by atoms with Crippen LogP contribution >= 0.6 is 0 Å². The van der Waals surface area contributed by atoms with Gasteiger partial charge in [0.25, 0.3) is 5.69 Å². The van der Waals surface area contributed by atoms with Gasteiger partial charge in [-0.25, -0.2) is 9.79 Å². The van der Waals surface area contributed by atoms with Crippen LogP contribution in [-0.4, -0.2) is 16.8 Å². The SMILES string of the molecule is Cc1ccc(/C=C2/N=C(c3ccccc3)OC2=O)cc1[N+](=O)[O-]. The Labute approximate surface area is 131 Å². The van der Waals surface area contributed by atoms with Crippen molar-refractivity contribution in [3.63, 3.8) is 0 Å². The fourth-order valence-corrected chi connectivity index (χ4v) is 2.18. The third-order valence-electron chi connectivity index (χ3n) is 3.37. The van der Waals surface area contributed by atoms with Crippen LogP contribution in [-0.2, 0) is 9.53 Å². The summed E-state index contributed by atoms with van der Waals surface area (Å²) in [6, 6.07) is 13.8. The van der Waals surface area contributed by atoms with Crippen LogP contribution in [0.5, 0.6) is 0 Å². The number of esters is 1. The molecule has 0 radical (unpaired) electrons. The molecule has 0 amide bonds. The van der Waals surface area contributed by atoms with E-state index >= 15 is 0 Å². The number of aryl methyl sites for hydroxylation is 1. The summed E-state index contributed by atoms with van der Waals surface area (Å²) in [5, 5.41) is 11.0. The second-order valence-electron chi connectivity index (χ2n) is 5.01. The Morgan fingerprint density at radius 1 is 1.17 bits per heavy atom. The van der Waals surface area contributed by atoms with Gasteiger partial charge in [-0.1, -0.05) is 30.3 Å². The molecule has 2 aromatic rings. The first-order chi connectivity index (χ1) is 11.0. The highest BCUT2D eigenvalue weighted by Gasteiger charge is 2.24. The summed E-state index contributed by atoms with van der Waals surface area (Å²) in [6.45, 7) is 1.66. The standard InChI is InChI=1S/C17H12N2O4/c1-11-7-8-12(10-15(11)19(21)22)9-14-17(20)23-16(18-14)13-5-3-2-4-6-13/h2-10H,1H3/b14-9+. The van der Waals surface area contributed by atoms with Crippen molar-refractivity contribution in [1.29, 1.82) is 0 Å². The van der Waals surface area contributed by atoms with Crippen LogP contribution in [0.1, 0.15) is 16.7 Å². The summed E-state index contributed by atoms with van der Waals surface area (Å²) in [6.07, 6.45) is 1.48. The quantitative estimate of drug-likeness (QED) is 0.377. The minimum absolute atomic E-state index is 0.00187. The van der Waals surface area contributed by atoms with Crippen LogP contribution in [0.15, 0.2) is 59.2 Å². The highest BCUT2D eigenvalue weighted by atomic mass is 16.6. The van der Waals surface area contributed by atoms with E-state index < -0.39 is 10.9 Å². The zero-order valence-electron chi connectivity index (χ0n) is 12.2. The Kier molecular flexibility index (Phi) is 3.72. The van der Waals surface area contributed by atoms with Crippen molar-refractivity contribution in [2.24, 2.45) is 4.99 Å². The van der Waals surface area contributed by atoms with Crippen molar-refractivity contribution in [3.05, 3.63) is 81.0 Å². The van der Waals surface area contributed by atoms with Crippen molar-refractivity contribution in [2.45, 2.75) is 6.92 Å². The number of nitrogens with zero attached hydrogens (tertiary/aromatic N) is 2. The van der Waals surface area contributed by atoms with E-state index in [1.807, 2.05) is 18.2 Å². The normalized spacial score (nSPS) is 15.4. The maximum absolute atomic E-state index is 11.9. The van der Waals surface area contributed by atoms with Crippen LogP contribution in [0, 0.1) is 17.0 Å². The zero-order valence-corrected chi connectivity index (χ0v) is 12.2. The van der Waals surface area contributed by atoms with Crippen molar-refractivity contribution in [3.8, 4) is 0 Å². The number of cyclic esters (lactones) is 1. The topological polar surface area (TPSA) is 81.8 Å². The van der Waals surface area contributed by atoms with E-state index in [-0.39, 0.29) is 17.3 Å². The second kappa shape index (κ2) is 5.84. The summed E-state index contributed by atoms with van der Waals surface area (Å²) >= 11 is 0. The van der Waals surface area contributed by atoms with E-state index in [2.05, 4.69) is 4.99 Å². The number of carbonyl (C=O) groups is 1. The molecule has 0 N–H and O–H groups in total. The first-order valence-electron chi connectivity index (χ1n) is 6.87. The third kappa shape index (κ3) is 3.01. The number of benzene rings is 2. The van der Waals surface area contributed by atoms with Gasteiger partial charge in [0.15, 0.2) is 5.70 Å². The molecule has 1 aliphatic rings. The first kappa shape index (κ1) is 14.6. The second-order valence-corrected chi connectivity index (χ2v) is 5.01. The highest BCUT2D eigenvalue weighted by molar-refractivity contribution is 6.12. The fourth-order valence-electron chi connectivity index (χ4n) is 2.18. The predicted molar refractivity (Wildman–Crippen MR) is 84.9 cm³/mol. The molecule has 114 valence electrons. The number of nitro groups is 1. The maximum atomic E-state index is 11.9. The first-order valence-corrected chi connectivity index (χ1v) is 6.87. The molecule has 0 atom stereocenters. The summed E-state index contributed by atoms with van der Waals surface area (Å²) in [5.74, 6) is -0.351. The average molecular weight is 308 g/mol. The summed E-state index contributed by atoms with van der Waals surface area (Å²) < 4.78 is 5.14. The molecule has 0 aromatic heterocycles. The molecule has 0 bridgehead atoms. The molecule has 0 aliphatic carbocycles. The van der Waals surface area contributed by atoms with Gasteiger partial charge in [-0.15, -0.1) is 0 Å². The van der Waals surface area contributed by atoms with Crippen molar-refractivity contribution in [1.82, 2.24) is 0 Å². The molecule has 1 aliphatic heterocycles. The van der Waals surface area contributed by atoms with E-state index in [1.165, 1.54) is 12.1 Å². The van der Waals surface area contributed by atoms with Gasteiger partial charge in [-0.2, -0.15) is 0 Å². The molecular formula is C17H12N2O4. The molecular weight excluding hydrogens is 296 g/mol. The van der Waals surface area contributed by atoms with Crippen LogP contribution in [0.2, 0.25) is 0 Å².